The van der Waals surface area contributed by atoms with Gasteiger partial charge in [0.2, 0.25) is 0 Å². The van der Waals surface area contributed by atoms with Crippen LogP contribution >= 0.6 is 0 Å². The Morgan fingerprint density at radius 2 is 2.33 bits per heavy atom. The number of rotatable bonds is 5. The van der Waals surface area contributed by atoms with E-state index in [0.29, 0.717) is 26.1 Å². The summed E-state index contributed by atoms with van der Waals surface area (Å²) in [6.07, 6.45) is 2.14. The zero-order chi connectivity index (χ0) is 13.0. The van der Waals surface area contributed by atoms with Crippen LogP contribution in [0, 0.1) is 5.92 Å². The van der Waals surface area contributed by atoms with Crippen molar-refractivity contribution in [2.75, 3.05) is 19.6 Å². The number of likely N-dealkylation sites (tertiary alicyclic amines) is 1. The molecule has 18 heavy (non-hydrogen) atoms. The second-order valence-electron chi connectivity index (χ2n) is 4.28. The van der Waals surface area contributed by atoms with E-state index >= 15 is 0 Å². The highest BCUT2D eigenvalue weighted by atomic mass is 16.4. The first-order valence-corrected chi connectivity index (χ1v) is 5.74. The fraction of sp³-hybridized carbons (Fsp3) is 0.600. The van der Waals surface area contributed by atoms with Crippen LogP contribution in [0.2, 0.25) is 0 Å². The molecule has 1 aliphatic rings. The van der Waals surface area contributed by atoms with Crippen LogP contribution in [0.15, 0.2) is 6.33 Å². The van der Waals surface area contributed by atoms with Gasteiger partial charge in [-0.1, -0.05) is 0 Å². The number of nitrogens with one attached hydrogen (secondary N) is 2. The average molecular weight is 253 g/mol. The third-order valence-electron chi connectivity index (χ3n) is 2.81. The van der Waals surface area contributed by atoms with E-state index < -0.39 is 5.97 Å². The second kappa shape index (κ2) is 5.48. The lowest BCUT2D eigenvalue weighted by molar-refractivity contribution is -0.139. The van der Waals surface area contributed by atoms with Crippen molar-refractivity contribution in [3.8, 4) is 0 Å². The van der Waals surface area contributed by atoms with Crippen molar-refractivity contribution in [1.82, 2.24) is 25.4 Å². The molecule has 1 aliphatic heterocycles. The Labute approximate surface area is 103 Å². The molecular weight excluding hydrogens is 238 g/mol. The van der Waals surface area contributed by atoms with Gasteiger partial charge in [0.05, 0.1) is 6.42 Å². The number of hydrogen-bond donors (Lipinski definition) is 3. The number of carboxylic acid groups (broad SMARTS) is 1. The molecule has 0 aromatic carbocycles. The van der Waals surface area contributed by atoms with Crippen LogP contribution in [-0.4, -0.2) is 56.8 Å². The van der Waals surface area contributed by atoms with Crippen LogP contribution in [0.25, 0.3) is 0 Å². The zero-order valence-corrected chi connectivity index (χ0v) is 9.80. The minimum absolute atomic E-state index is 0.0857. The molecule has 2 heterocycles. The summed E-state index contributed by atoms with van der Waals surface area (Å²) < 4.78 is 0. The fourth-order valence-electron chi connectivity index (χ4n) is 1.86. The van der Waals surface area contributed by atoms with Crippen molar-refractivity contribution >= 4 is 12.0 Å². The molecule has 1 aromatic rings. The van der Waals surface area contributed by atoms with Crippen LogP contribution < -0.4 is 5.32 Å². The van der Waals surface area contributed by atoms with Gasteiger partial charge in [-0.3, -0.25) is 9.89 Å². The van der Waals surface area contributed by atoms with Crippen LogP contribution in [-0.2, 0) is 11.2 Å². The summed E-state index contributed by atoms with van der Waals surface area (Å²) >= 11 is 0. The number of amides is 2. The monoisotopic (exact) mass is 253 g/mol. The van der Waals surface area contributed by atoms with Crippen molar-refractivity contribution in [3.63, 3.8) is 0 Å². The molecule has 2 amide bonds. The summed E-state index contributed by atoms with van der Waals surface area (Å²) in [5.41, 5.74) is 0. The second-order valence-corrected chi connectivity index (χ2v) is 4.28. The Morgan fingerprint density at radius 1 is 1.56 bits per heavy atom. The number of aliphatic carboxylic acids is 1. The molecule has 0 unspecified atom stereocenters. The Morgan fingerprint density at radius 3 is 2.94 bits per heavy atom. The number of hydrogen-bond acceptors (Lipinski definition) is 4. The number of H-pyrrole nitrogens is 1. The highest BCUT2D eigenvalue weighted by molar-refractivity contribution is 5.75. The summed E-state index contributed by atoms with van der Waals surface area (Å²) in [6, 6.07) is -0.156. The Hall–Kier alpha value is -2.12. The molecule has 0 saturated carbocycles. The van der Waals surface area contributed by atoms with Crippen LogP contribution in [0.3, 0.4) is 0 Å². The lowest BCUT2D eigenvalue weighted by Crippen LogP contribution is -2.54. The molecule has 0 bridgehead atoms. The fourth-order valence-corrected chi connectivity index (χ4v) is 1.86. The molecule has 1 aromatic heterocycles. The number of urea groups is 1. The molecule has 2 rings (SSSR count). The normalized spacial score (nSPS) is 15.2. The topological polar surface area (TPSA) is 111 Å². The molecule has 0 atom stereocenters. The molecule has 98 valence electrons. The standard InChI is InChI=1S/C10H15N5O3/c16-9(17)3-7-4-15(5-7)10(18)11-2-1-8-12-6-13-14-8/h6-7H,1-5H2,(H,11,18)(H,16,17)(H,12,13,14). The summed E-state index contributed by atoms with van der Waals surface area (Å²) in [5.74, 6) is -0.00411. The predicted molar refractivity (Wildman–Crippen MR) is 60.8 cm³/mol. The van der Waals surface area contributed by atoms with Crippen LogP contribution in [0.5, 0.6) is 0 Å². The van der Waals surface area contributed by atoms with Gasteiger partial charge in [-0.05, 0) is 0 Å². The third-order valence-corrected chi connectivity index (χ3v) is 2.81. The maximum Gasteiger partial charge on any atom is 0.317 e. The molecule has 0 radical (unpaired) electrons. The van der Waals surface area contributed by atoms with E-state index in [0.717, 1.165) is 5.82 Å². The molecule has 8 heteroatoms. The molecule has 1 fully saturated rings. The van der Waals surface area contributed by atoms with Crippen molar-refractivity contribution in [2.45, 2.75) is 12.8 Å². The number of nitrogens with zero attached hydrogens (tertiary/aromatic N) is 3. The van der Waals surface area contributed by atoms with Gasteiger partial charge >= 0.3 is 12.0 Å². The van der Waals surface area contributed by atoms with E-state index in [1.807, 2.05) is 0 Å². The lowest BCUT2D eigenvalue weighted by atomic mass is 9.97. The number of carboxylic acids is 1. The number of aromatic nitrogens is 3. The van der Waals surface area contributed by atoms with Gasteiger partial charge in [0.25, 0.3) is 0 Å². The van der Waals surface area contributed by atoms with Gasteiger partial charge in [0.1, 0.15) is 12.2 Å². The number of carbonyl (C=O) groups is 2. The van der Waals surface area contributed by atoms with Crippen molar-refractivity contribution in [3.05, 3.63) is 12.2 Å². The SMILES string of the molecule is O=C(O)CC1CN(C(=O)NCCc2ncn[nH]2)C1. The maximum absolute atomic E-state index is 11.6. The molecule has 8 nitrogen and oxygen atoms in total. The number of carbonyl (C=O) groups excluding carboxylic acids is 1. The first kappa shape index (κ1) is 12.3. The Bertz CT molecular complexity index is 413. The predicted octanol–water partition coefficient (Wildman–Crippen LogP) is -0.537. The minimum atomic E-state index is -0.814. The van der Waals surface area contributed by atoms with E-state index in [-0.39, 0.29) is 18.4 Å². The third kappa shape index (κ3) is 3.19. The zero-order valence-electron chi connectivity index (χ0n) is 9.80. The Balaban J connectivity index is 1.60. The van der Waals surface area contributed by atoms with Gasteiger partial charge in [-0.2, -0.15) is 5.10 Å². The van der Waals surface area contributed by atoms with E-state index in [1.54, 1.807) is 4.90 Å². The Kier molecular flexibility index (Phi) is 3.75. The number of aromatic amines is 1. The van der Waals surface area contributed by atoms with Gasteiger partial charge in [-0.25, -0.2) is 9.78 Å². The summed E-state index contributed by atoms with van der Waals surface area (Å²) in [6.45, 7) is 1.51. The van der Waals surface area contributed by atoms with Gasteiger partial charge in [0, 0.05) is 32.0 Å². The van der Waals surface area contributed by atoms with E-state index in [2.05, 4.69) is 20.5 Å². The maximum atomic E-state index is 11.6. The van der Waals surface area contributed by atoms with Crippen LogP contribution in [0.1, 0.15) is 12.2 Å². The van der Waals surface area contributed by atoms with Gasteiger partial charge in [0.15, 0.2) is 0 Å². The molecular formula is C10H15N5O3. The van der Waals surface area contributed by atoms with Crippen molar-refractivity contribution in [2.24, 2.45) is 5.92 Å². The summed E-state index contributed by atoms with van der Waals surface area (Å²) in [7, 11) is 0. The van der Waals surface area contributed by atoms with E-state index in [9.17, 15) is 9.59 Å². The van der Waals surface area contributed by atoms with Crippen LogP contribution in [0.4, 0.5) is 4.79 Å². The van der Waals surface area contributed by atoms with E-state index in [4.69, 9.17) is 5.11 Å². The quantitative estimate of drug-likeness (QED) is 0.652. The summed E-state index contributed by atoms with van der Waals surface area (Å²) in [4.78, 5) is 27.6. The van der Waals surface area contributed by atoms with Crippen molar-refractivity contribution < 1.29 is 14.7 Å². The largest absolute Gasteiger partial charge is 0.481 e. The first-order valence-electron chi connectivity index (χ1n) is 5.74. The van der Waals surface area contributed by atoms with Crippen molar-refractivity contribution in [1.29, 1.82) is 0 Å². The smallest absolute Gasteiger partial charge is 0.317 e. The average Bonchev–Trinajstić information content (AvgIpc) is 2.75. The minimum Gasteiger partial charge on any atom is -0.481 e. The molecule has 3 N–H and O–H groups in total. The highest BCUT2D eigenvalue weighted by Gasteiger charge is 2.31. The van der Waals surface area contributed by atoms with Gasteiger partial charge < -0.3 is 15.3 Å². The molecule has 1 saturated heterocycles. The first-order chi connectivity index (χ1) is 8.65. The lowest BCUT2D eigenvalue weighted by Gasteiger charge is -2.38. The molecule has 0 spiro atoms. The summed E-state index contributed by atoms with van der Waals surface area (Å²) in [5, 5.41) is 17.7. The highest BCUT2D eigenvalue weighted by Crippen LogP contribution is 2.18. The van der Waals surface area contributed by atoms with E-state index in [1.165, 1.54) is 6.33 Å². The molecule has 0 aliphatic carbocycles. The van der Waals surface area contributed by atoms with Gasteiger partial charge in [-0.15, -0.1) is 0 Å².